The second kappa shape index (κ2) is 8.73. The number of allylic oxidation sites excluding steroid dienone is 4. The first-order chi connectivity index (χ1) is 13.1. The molecule has 1 aliphatic rings. The maximum absolute atomic E-state index is 4.25. The Bertz CT molecular complexity index is 881. The molecule has 2 aromatic rings. The molecule has 0 spiro atoms. The zero-order valence-corrected chi connectivity index (χ0v) is 16.5. The van der Waals surface area contributed by atoms with Crippen molar-refractivity contribution in [2.75, 3.05) is 5.32 Å². The molecule has 0 saturated carbocycles. The highest BCUT2D eigenvalue weighted by atomic mass is 14.9. The number of hydrogen-bond donors (Lipinski definition) is 1. The molecule has 2 aromatic carbocycles. The van der Waals surface area contributed by atoms with Gasteiger partial charge in [-0.3, -0.25) is 0 Å². The van der Waals surface area contributed by atoms with Crippen LogP contribution in [0, 0.1) is 12.8 Å². The minimum absolute atomic E-state index is 0.494. The van der Waals surface area contributed by atoms with Gasteiger partial charge in [-0.15, -0.1) is 0 Å². The van der Waals surface area contributed by atoms with Gasteiger partial charge in [0.05, 0.1) is 0 Å². The molecular formula is C26H29N. The van der Waals surface area contributed by atoms with Crippen LogP contribution in [0.3, 0.4) is 0 Å². The van der Waals surface area contributed by atoms with E-state index >= 15 is 0 Å². The van der Waals surface area contributed by atoms with Crippen LogP contribution in [-0.4, -0.2) is 0 Å². The molecule has 0 aromatic heterocycles. The molecule has 0 aliphatic heterocycles. The summed E-state index contributed by atoms with van der Waals surface area (Å²) in [5.41, 5.74) is 8.32. The van der Waals surface area contributed by atoms with Gasteiger partial charge in [-0.1, -0.05) is 74.2 Å². The normalized spacial score (nSPS) is 14.4. The summed E-state index contributed by atoms with van der Waals surface area (Å²) in [7, 11) is 0. The molecule has 1 unspecified atom stereocenters. The highest BCUT2D eigenvalue weighted by Crippen LogP contribution is 2.27. The van der Waals surface area contributed by atoms with Crippen LogP contribution in [0.2, 0.25) is 0 Å². The van der Waals surface area contributed by atoms with Crippen molar-refractivity contribution in [3.63, 3.8) is 0 Å². The zero-order chi connectivity index (χ0) is 19.2. The lowest BCUT2D eigenvalue weighted by Crippen LogP contribution is -2.06. The van der Waals surface area contributed by atoms with Crippen LogP contribution in [0.1, 0.15) is 42.0 Å². The Kier molecular flexibility index (Phi) is 6.13. The van der Waals surface area contributed by atoms with Crippen molar-refractivity contribution in [2.45, 2.75) is 33.1 Å². The number of rotatable bonds is 7. The summed E-state index contributed by atoms with van der Waals surface area (Å²) in [6.07, 6.45) is 12.2. The van der Waals surface area contributed by atoms with E-state index in [4.69, 9.17) is 0 Å². The monoisotopic (exact) mass is 355 g/mol. The third-order valence-corrected chi connectivity index (χ3v) is 5.18. The summed E-state index contributed by atoms with van der Waals surface area (Å²) in [5.74, 6) is 0.494. The van der Waals surface area contributed by atoms with E-state index in [-0.39, 0.29) is 0 Å². The zero-order valence-electron chi connectivity index (χ0n) is 16.5. The third kappa shape index (κ3) is 4.89. The van der Waals surface area contributed by atoms with Crippen LogP contribution >= 0.6 is 0 Å². The van der Waals surface area contributed by atoms with Gasteiger partial charge in [-0.2, -0.15) is 0 Å². The molecule has 0 amide bonds. The number of aryl methyl sites for hydroxylation is 1. The maximum Gasteiger partial charge on any atom is 0.0384 e. The molecule has 1 N–H and O–H groups in total. The van der Waals surface area contributed by atoms with E-state index in [0.717, 1.165) is 36.2 Å². The Morgan fingerprint density at radius 1 is 1.15 bits per heavy atom. The van der Waals surface area contributed by atoms with Crippen LogP contribution in [0.5, 0.6) is 0 Å². The van der Waals surface area contributed by atoms with Gasteiger partial charge in [-0.25, -0.2) is 0 Å². The van der Waals surface area contributed by atoms with Crippen molar-refractivity contribution in [3.05, 3.63) is 102 Å². The first-order valence-electron chi connectivity index (χ1n) is 9.71. The average Bonchev–Trinajstić information content (AvgIpc) is 2.70. The summed E-state index contributed by atoms with van der Waals surface area (Å²) in [6.45, 7) is 12.6. The molecule has 0 bridgehead atoms. The summed E-state index contributed by atoms with van der Waals surface area (Å²) < 4.78 is 0. The molecule has 0 heterocycles. The maximum atomic E-state index is 4.25. The van der Waals surface area contributed by atoms with Gasteiger partial charge in [0.2, 0.25) is 0 Å². The standard InChI is InChI=1S/C26H29N/c1-5-22-13-14-24(21(4)27-26-15-11-19(2)12-16-26)18-25(22)17-20(3)23-9-7-6-8-10-23/h5,7,9-16,18,20,27H,1,4,6,8,17H2,2-3H3. The van der Waals surface area contributed by atoms with Gasteiger partial charge in [0.25, 0.3) is 0 Å². The largest absolute Gasteiger partial charge is 0.356 e. The Hall–Kier alpha value is -2.80. The minimum Gasteiger partial charge on any atom is -0.356 e. The Balaban J connectivity index is 1.79. The topological polar surface area (TPSA) is 12.0 Å². The first kappa shape index (κ1) is 19.0. The number of hydrogen-bond acceptors (Lipinski definition) is 1. The van der Waals surface area contributed by atoms with Crippen molar-refractivity contribution < 1.29 is 0 Å². The lowest BCUT2D eigenvalue weighted by atomic mass is 9.88. The number of benzene rings is 2. The molecule has 1 nitrogen and oxygen atoms in total. The Labute approximate surface area is 163 Å². The first-order valence-corrected chi connectivity index (χ1v) is 9.71. The van der Waals surface area contributed by atoms with E-state index in [2.05, 4.69) is 93.0 Å². The van der Waals surface area contributed by atoms with Crippen LogP contribution in [-0.2, 0) is 6.42 Å². The molecule has 1 heteroatoms. The Morgan fingerprint density at radius 2 is 1.93 bits per heavy atom. The van der Waals surface area contributed by atoms with E-state index in [1.807, 2.05) is 6.08 Å². The van der Waals surface area contributed by atoms with Crippen LogP contribution in [0.25, 0.3) is 11.8 Å². The fraction of sp³-hybridized carbons (Fsp3) is 0.231. The second-order valence-corrected chi connectivity index (χ2v) is 7.38. The fourth-order valence-electron chi connectivity index (χ4n) is 3.50. The van der Waals surface area contributed by atoms with Gasteiger partial charge >= 0.3 is 0 Å². The van der Waals surface area contributed by atoms with Crippen LogP contribution < -0.4 is 5.32 Å². The lowest BCUT2D eigenvalue weighted by Gasteiger charge is -2.18. The third-order valence-electron chi connectivity index (χ3n) is 5.18. The fourth-order valence-corrected chi connectivity index (χ4v) is 3.50. The van der Waals surface area contributed by atoms with Gasteiger partial charge in [-0.05, 0) is 72.6 Å². The van der Waals surface area contributed by atoms with E-state index in [9.17, 15) is 0 Å². The second-order valence-electron chi connectivity index (χ2n) is 7.38. The van der Waals surface area contributed by atoms with Gasteiger partial charge in [0, 0.05) is 11.4 Å². The molecular weight excluding hydrogens is 326 g/mol. The lowest BCUT2D eigenvalue weighted by molar-refractivity contribution is 0.683. The number of anilines is 1. The molecule has 3 rings (SSSR count). The van der Waals surface area contributed by atoms with Gasteiger partial charge in [0.1, 0.15) is 0 Å². The molecule has 0 radical (unpaired) electrons. The molecule has 0 fully saturated rings. The van der Waals surface area contributed by atoms with Crippen LogP contribution in [0.15, 0.2) is 79.4 Å². The summed E-state index contributed by atoms with van der Waals surface area (Å²) in [6, 6.07) is 14.9. The molecule has 138 valence electrons. The van der Waals surface area contributed by atoms with Crippen molar-refractivity contribution in [2.24, 2.45) is 5.92 Å². The smallest absolute Gasteiger partial charge is 0.0384 e. The Morgan fingerprint density at radius 3 is 2.59 bits per heavy atom. The summed E-state index contributed by atoms with van der Waals surface area (Å²) >= 11 is 0. The van der Waals surface area contributed by atoms with Gasteiger partial charge in [0.15, 0.2) is 0 Å². The predicted molar refractivity (Wildman–Crippen MR) is 120 cm³/mol. The molecule has 1 atom stereocenters. The summed E-state index contributed by atoms with van der Waals surface area (Å²) in [4.78, 5) is 0. The van der Waals surface area contributed by atoms with Crippen molar-refractivity contribution in [1.29, 1.82) is 0 Å². The van der Waals surface area contributed by atoms with Crippen molar-refractivity contribution >= 4 is 17.5 Å². The van der Waals surface area contributed by atoms with E-state index in [1.54, 1.807) is 0 Å². The van der Waals surface area contributed by atoms with E-state index < -0.39 is 0 Å². The molecule has 27 heavy (non-hydrogen) atoms. The SMILES string of the molecule is C=Cc1ccc(C(=C)Nc2ccc(C)cc2)cc1CC(C)C1=CCCC=C1. The van der Waals surface area contributed by atoms with E-state index in [0.29, 0.717) is 5.92 Å². The average molecular weight is 356 g/mol. The predicted octanol–water partition coefficient (Wildman–Crippen LogP) is 7.18. The quantitative estimate of drug-likeness (QED) is 0.555. The molecule has 1 aliphatic carbocycles. The highest BCUT2D eigenvalue weighted by Gasteiger charge is 2.12. The van der Waals surface area contributed by atoms with Gasteiger partial charge < -0.3 is 5.32 Å². The minimum atomic E-state index is 0.494. The highest BCUT2D eigenvalue weighted by molar-refractivity contribution is 5.76. The molecule has 0 saturated heterocycles. The van der Waals surface area contributed by atoms with Crippen molar-refractivity contribution in [3.8, 4) is 0 Å². The summed E-state index contributed by atoms with van der Waals surface area (Å²) in [5, 5.41) is 3.42. The van der Waals surface area contributed by atoms with Crippen molar-refractivity contribution in [1.82, 2.24) is 0 Å². The number of nitrogens with one attached hydrogen (secondary N) is 1. The van der Waals surface area contributed by atoms with E-state index in [1.165, 1.54) is 22.3 Å². The van der Waals surface area contributed by atoms with Crippen LogP contribution in [0.4, 0.5) is 5.69 Å².